The van der Waals surface area contributed by atoms with Gasteiger partial charge in [-0.05, 0) is 25.2 Å². The molecule has 1 saturated heterocycles. The second-order valence-electron chi connectivity index (χ2n) is 8.21. The van der Waals surface area contributed by atoms with Crippen LogP contribution in [0, 0.1) is 5.41 Å². The van der Waals surface area contributed by atoms with Crippen LogP contribution in [0.3, 0.4) is 0 Å². The van der Waals surface area contributed by atoms with E-state index in [1.807, 2.05) is 33.1 Å². The van der Waals surface area contributed by atoms with E-state index in [2.05, 4.69) is 5.32 Å². The van der Waals surface area contributed by atoms with Crippen LogP contribution in [-0.4, -0.2) is 27.4 Å². The average Bonchev–Trinajstić information content (AvgIpc) is 3.07. The van der Waals surface area contributed by atoms with Gasteiger partial charge < -0.3 is 5.32 Å². The summed E-state index contributed by atoms with van der Waals surface area (Å²) >= 11 is 1.67. The van der Waals surface area contributed by atoms with Crippen LogP contribution in [0.5, 0.6) is 0 Å². The lowest BCUT2D eigenvalue weighted by atomic mass is 9.75. The van der Waals surface area contributed by atoms with E-state index < -0.39 is 5.54 Å². The fourth-order valence-corrected chi connectivity index (χ4v) is 4.43. The minimum atomic E-state index is -0.869. The highest BCUT2D eigenvalue weighted by molar-refractivity contribution is 7.09. The maximum Gasteiger partial charge on any atom is 0.325 e. The van der Waals surface area contributed by atoms with E-state index in [1.165, 1.54) is 37.0 Å². The zero-order chi connectivity index (χ0) is 17.5. The summed E-state index contributed by atoms with van der Waals surface area (Å²) in [6.07, 6.45) is 6.28. The normalized spacial score (nSPS) is 26.1. The Morgan fingerprint density at radius 3 is 2.54 bits per heavy atom. The Hall–Kier alpha value is -1.43. The molecule has 1 saturated carbocycles. The number of carbonyl (C=O) groups is 2. The first kappa shape index (κ1) is 17.4. The average molecular weight is 350 g/mol. The summed E-state index contributed by atoms with van der Waals surface area (Å²) in [5, 5.41) is 6.03. The van der Waals surface area contributed by atoms with Gasteiger partial charge in [-0.3, -0.25) is 9.69 Å². The summed E-state index contributed by atoms with van der Waals surface area (Å²) in [5.41, 5.74) is -0.391. The Balaban J connectivity index is 1.73. The lowest BCUT2D eigenvalue weighted by molar-refractivity contribution is -0.134. The van der Waals surface area contributed by atoms with E-state index in [1.54, 1.807) is 11.3 Å². The van der Waals surface area contributed by atoms with Gasteiger partial charge in [-0.1, -0.05) is 40.0 Å². The molecule has 24 heavy (non-hydrogen) atoms. The van der Waals surface area contributed by atoms with Crippen molar-refractivity contribution in [3.8, 4) is 0 Å². The fourth-order valence-electron chi connectivity index (χ4n) is 3.44. The molecule has 0 aromatic carbocycles. The summed E-state index contributed by atoms with van der Waals surface area (Å²) < 4.78 is 0. The molecule has 1 aliphatic heterocycles. The number of imide groups is 1. The SMILES string of the molecule is CC(C)(C)C1(C)NC(=O)N(Cc2csc(C3CCCCC3)n2)C1=O. The minimum absolute atomic E-state index is 0.160. The van der Waals surface area contributed by atoms with Gasteiger partial charge in [0, 0.05) is 11.3 Å². The van der Waals surface area contributed by atoms with Gasteiger partial charge in [0.1, 0.15) is 5.54 Å². The molecule has 1 unspecified atom stereocenters. The van der Waals surface area contributed by atoms with E-state index in [0.29, 0.717) is 5.92 Å². The maximum absolute atomic E-state index is 12.8. The number of nitrogens with zero attached hydrogens (tertiary/aromatic N) is 2. The zero-order valence-electron chi connectivity index (χ0n) is 15.0. The lowest BCUT2D eigenvalue weighted by Gasteiger charge is -2.35. The standard InChI is InChI=1S/C18H27N3O2S/c1-17(2,3)18(4)15(22)21(16(23)20-18)10-13-11-24-14(19-13)12-8-6-5-7-9-12/h11-12H,5-10H2,1-4H3,(H,20,23). The Kier molecular flexibility index (Phi) is 4.45. The Bertz CT molecular complexity index is 643. The van der Waals surface area contributed by atoms with Crippen molar-refractivity contribution < 1.29 is 9.59 Å². The topological polar surface area (TPSA) is 62.3 Å². The van der Waals surface area contributed by atoms with Gasteiger partial charge in [-0.2, -0.15) is 0 Å². The molecule has 0 radical (unpaired) electrons. The van der Waals surface area contributed by atoms with Gasteiger partial charge in [-0.15, -0.1) is 11.3 Å². The summed E-state index contributed by atoms with van der Waals surface area (Å²) in [4.78, 5) is 31.2. The number of thiazole rings is 1. The zero-order valence-corrected chi connectivity index (χ0v) is 15.8. The Morgan fingerprint density at radius 2 is 1.96 bits per heavy atom. The van der Waals surface area contributed by atoms with Crippen molar-refractivity contribution in [1.82, 2.24) is 15.2 Å². The van der Waals surface area contributed by atoms with Crippen LogP contribution in [0.1, 0.15) is 76.4 Å². The molecule has 0 bridgehead atoms. The van der Waals surface area contributed by atoms with Gasteiger partial charge in [0.05, 0.1) is 17.2 Å². The van der Waals surface area contributed by atoms with Crippen molar-refractivity contribution in [2.24, 2.45) is 5.41 Å². The Labute approximate surface area is 147 Å². The van der Waals surface area contributed by atoms with Crippen LogP contribution in [0.2, 0.25) is 0 Å². The first-order chi connectivity index (χ1) is 11.2. The number of carbonyl (C=O) groups excluding carboxylic acids is 2. The van der Waals surface area contributed by atoms with Crippen molar-refractivity contribution in [3.63, 3.8) is 0 Å². The smallest absolute Gasteiger partial charge is 0.323 e. The monoisotopic (exact) mass is 349 g/mol. The summed E-state index contributed by atoms with van der Waals surface area (Å²) in [7, 11) is 0. The lowest BCUT2D eigenvalue weighted by Crippen LogP contribution is -2.54. The third kappa shape index (κ3) is 2.96. The van der Waals surface area contributed by atoms with Crippen molar-refractivity contribution in [2.45, 2.75) is 77.8 Å². The molecular weight excluding hydrogens is 322 g/mol. The van der Waals surface area contributed by atoms with E-state index >= 15 is 0 Å². The highest BCUT2D eigenvalue weighted by Gasteiger charge is 2.54. The number of nitrogens with one attached hydrogen (secondary N) is 1. The van der Waals surface area contributed by atoms with Crippen LogP contribution >= 0.6 is 11.3 Å². The Morgan fingerprint density at radius 1 is 1.29 bits per heavy atom. The van der Waals surface area contributed by atoms with Crippen molar-refractivity contribution in [1.29, 1.82) is 0 Å². The van der Waals surface area contributed by atoms with Crippen LogP contribution in [-0.2, 0) is 11.3 Å². The van der Waals surface area contributed by atoms with E-state index in [9.17, 15) is 9.59 Å². The summed E-state index contributed by atoms with van der Waals surface area (Å²) in [5.74, 6) is 0.396. The quantitative estimate of drug-likeness (QED) is 0.838. The summed E-state index contributed by atoms with van der Waals surface area (Å²) in [6.45, 7) is 7.98. The fraction of sp³-hybridized carbons (Fsp3) is 0.722. The molecule has 1 aliphatic carbocycles. The number of rotatable bonds is 3. The number of amides is 3. The molecule has 5 nitrogen and oxygen atoms in total. The largest absolute Gasteiger partial charge is 0.325 e. The van der Waals surface area contributed by atoms with Gasteiger partial charge >= 0.3 is 6.03 Å². The van der Waals surface area contributed by atoms with Gasteiger partial charge in [0.2, 0.25) is 0 Å². The predicted octanol–water partition coefficient (Wildman–Crippen LogP) is 4.05. The minimum Gasteiger partial charge on any atom is -0.323 e. The highest BCUT2D eigenvalue weighted by Crippen LogP contribution is 2.37. The van der Waals surface area contributed by atoms with Crippen LogP contribution in [0.4, 0.5) is 4.79 Å². The van der Waals surface area contributed by atoms with Crippen LogP contribution in [0.25, 0.3) is 0 Å². The molecule has 1 atom stereocenters. The second kappa shape index (κ2) is 6.14. The van der Waals surface area contributed by atoms with Gasteiger partial charge in [-0.25, -0.2) is 9.78 Å². The van der Waals surface area contributed by atoms with Gasteiger partial charge in [0.25, 0.3) is 5.91 Å². The molecule has 3 rings (SSSR count). The molecule has 132 valence electrons. The number of hydrogen-bond donors (Lipinski definition) is 1. The maximum atomic E-state index is 12.8. The third-order valence-electron chi connectivity index (χ3n) is 5.62. The van der Waals surface area contributed by atoms with E-state index in [-0.39, 0.29) is 23.9 Å². The summed E-state index contributed by atoms with van der Waals surface area (Å²) in [6, 6.07) is -0.315. The first-order valence-electron chi connectivity index (χ1n) is 8.81. The predicted molar refractivity (Wildman–Crippen MR) is 94.9 cm³/mol. The third-order valence-corrected chi connectivity index (χ3v) is 6.68. The molecule has 2 heterocycles. The molecule has 1 N–H and O–H groups in total. The van der Waals surface area contributed by atoms with E-state index in [4.69, 9.17) is 4.98 Å². The molecule has 1 aromatic rings. The number of aromatic nitrogens is 1. The molecule has 0 spiro atoms. The molecule has 3 amide bonds. The molecular formula is C18H27N3O2S. The second-order valence-corrected chi connectivity index (χ2v) is 9.10. The van der Waals surface area contributed by atoms with Crippen LogP contribution in [0.15, 0.2) is 5.38 Å². The van der Waals surface area contributed by atoms with Crippen LogP contribution < -0.4 is 5.32 Å². The molecule has 6 heteroatoms. The molecule has 2 aliphatic rings. The van der Waals surface area contributed by atoms with Crippen molar-refractivity contribution in [2.75, 3.05) is 0 Å². The van der Waals surface area contributed by atoms with E-state index in [0.717, 1.165) is 10.7 Å². The van der Waals surface area contributed by atoms with Gasteiger partial charge in [0.15, 0.2) is 0 Å². The number of urea groups is 1. The first-order valence-corrected chi connectivity index (χ1v) is 9.69. The number of hydrogen-bond acceptors (Lipinski definition) is 4. The molecule has 2 fully saturated rings. The van der Waals surface area contributed by atoms with Crippen molar-refractivity contribution in [3.05, 3.63) is 16.1 Å². The highest BCUT2D eigenvalue weighted by atomic mass is 32.1. The van der Waals surface area contributed by atoms with Crippen molar-refractivity contribution >= 4 is 23.3 Å². The molecule has 1 aromatic heterocycles.